The molecule has 0 aromatic heterocycles. The quantitative estimate of drug-likeness (QED) is 0.830. The number of anilines is 1. The van der Waals surface area contributed by atoms with E-state index in [9.17, 15) is 4.79 Å². The number of carbonyl (C=O) groups is 1. The van der Waals surface area contributed by atoms with Gasteiger partial charge in [0, 0.05) is 19.1 Å². The first-order valence-corrected chi connectivity index (χ1v) is 7.15. The zero-order valence-corrected chi connectivity index (χ0v) is 11.5. The number of halogens is 1. The van der Waals surface area contributed by atoms with Gasteiger partial charge in [-0.05, 0) is 37.4 Å². The van der Waals surface area contributed by atoms with Crippen molar-refractivity contribution in [2.75, 3.05) is 25.0 Å². The average molecular weight is 280 g/mol. The summed E-state index contributed by atoms with van der Waals surface area (Å²) in [5, 5.41) is 6.96. The van der Waals surface area contributed by atoms with E-state index >= 15 is 0 Å². The van der Waals surface area contributed by atoms with Gasteiger partial charge in [-0.2, -0.15) is 0 Å². The summed E-state index contributed by atoms with van der Waals surface area (Å²) in [5.74, 6) is 0.603. The molecule has 0 unspecified atom stereocenters. The van der Waals surface area contributed by atoms with E-state index in [0.29, 0.717) is 22.7 Å². The number of rotatable bonds is 1. The van der Waals surface area contributed by atoms with Crippen molar-refractivity contribution in [2.45, 2.75) is 18.9 Å². The summed E-state index contributed by atoms with van der Waals surface area (Å²) in [6, 6.07) is 7.73. The number of nitrogens with one attached hydrogen (secondary N) is 2. The minimum Gasteiger partial charge on any atom is -0.323 e. The van der Waals surface area contributed by atoms with Gasteiger partial charge < -0.3 is 15.5 Å². The molecule has 2 heterocycles. The maximum absolute atomic E-state index is 12.2. The Labute approximate surface area is 118 Å². The van der Waals surface area contributed by atoms with Crippen LogP contribution in [0.2, 0.25) is 5.02 Å². The Morgan fingerprint density at radius 3 is 3.00 bits per heavy atom. The Morgan fingerprint density at radius 2 is 2.21 bits per heavy atom. The first-order chi connectivity index (χ1) is 9.24. The Bertz CT molecular complexity index is 466. The monoisotopic (exact) mass is 279 g/mol. The van der Waals surface area contributed by atoms with Gasteiger partial charge in [-0.1, -0.05) is 23.7 Å². The molecule has 3 rings (SSSR count). The van der Waals surface area contributed by atoms with Crippen LogP contribution in [0.3, 0.4) is 0 Å². The van der Waals surface area contributed by atoms with Crippen molar-refractivity contribution in [1.82, 2.24) is 10.2 Å². The molecule has 2 aliphatic heterocycles. The number of nitrogens with zero attached hydrogens (tertiary/aromatic N) is 1. The largest absolute Gasteiger partial charge is 0.323 e. The minimum atomic E-state index is -0.0516. The van der Waals surface area contributed by atoms with Crippen molar-refractivity contribution in [1.29, 1.82) is 0 Å². The van der Waals surface area contributed by atoms with E-state index in [-0.39, 0.29) is 6.03 Å². The summed E-state index contributed by atoms with van der Waals surface area (Å²) in [4.78, 5) is 14.1. The van der Waals surface area contributed by atoms with Gasteiger partial charge in [0.05, 0.1) is 10.7 Å². The van der Waals surface area contributed by atoms with E-state index in [1.165, 1.54) is 12.8 Å². The normalized spacial score (nSPS) is 26.1. The van der Waals surface area contributed by atoms with Crippen molar-refractivity contribution < 1.29 is 4.79 Å². The highest BCUT2D eigenvalue weighted by atomic mass is 35.5. The number of urea groups is 1. The Hall–Kier alpha value is -1.26. The van der Waals surface area contributed by atoms with E-state index < -0.39 is 0 Å². The fourth-order valence-electron chi connectivity index (χ4n) is 2.97. The molecule has 1 aromatic carbocycles. The number of benzene rings is 1. The number of hydrogen-bond acceptors (Lipinski definition) is 2. The van der Waals surface area contributed by atoms with Crippen LogP contribution in [0, 0.1) is 5.92 Å². The lowest BCUT2D eigenvalue weighted by molar-refractivity contribution is 0.220. The molecule has 0 spiro atoms. The highest BCUT2D eigenvalue weighted by Gasteiger charge is 2.36. The first-order valence-electron chi connectivity index (χ1n) is 6.78. The van der Waals surface area contributed by atoms with Gasteiger partial charge in [0.2, 0.25) is 0 Å². The second-order valence-corrected chi connectivity index (χ2v) is 5.69. The van der Waals surface area contributed by atoms with Crippen LogP contribution in [0.25, 0.3) is 0 Å². The van der Waals surface area contributed by atoms with Gasteiger partial charge >= 0.3 is 6.03 Å². The van der Waals surface area contributed by atoms with Crippen LogP contribution in [-0.4, -0.2) is 36.6 Å². The van der Waals surface area contributed by atoms with Crippen LogP contribution in [0.4, 0.5) is 10.5 Å². The topological polar surface area (TPSA) is 44.4 Å². The molecule has 0 radical (unpaired) electrons. The van der Waals surface area contributed by atoms with Crippen LogP contribution >= 0.6 is 11.6 Å². The highest BCUT2D eigenvalue weighted by molar-refractivity contribution is 6.33. The molecule has 2 saturated heterocycles. The van der Waals surface area contributed by atoms with Gasteiger partial charge in [0.25, 0.3) is 0 Å². The number of para-hydroxylation sites is 1. The summed E-state index contributed by atoms with van der Waals surface area (Å²) in [7, 11) is 0. The average Bonchev–Trinajstić information content (AvgIpc) is 2.85. The molecule has 19 heavy (non-hydrogen) atoms. The highest BCUT2D eigenvalue weighted by Crippen LogP contribution is 2.26. The van der Waals surface area contributed by atoms with Crippen LogP contribution in [0.1, 0.15) is 12.8 Å². The maximum Gasteiger partial charge on any atom is 0.321 e. The minimum absolute atomic E-state index is 0.0516. The molecule has 2 aliphatic rings. The fourth-order valence-corrected chi connectivity index (χ4v) is 3.15. The van der Waals surface area contributed by atoms with E-state index in [4.69, 9.17) is 11.6 Å². The zero-order chi connectivity index (χ0) is 13.2. The molecule has 5 heteroatoms. The first kappa shape index (κ1) is 12.8. The number of piperidine rings is 1. The smallest absolute Gasteiger partial charge is 0.321 e. The van der Waals surface area contributed by atoms with Crippen LogP contribution in [-0.2, 0) is 0 Å². The predicted molar refractivity (Wildman–Crippen MR) is 76.6 cm³/mol. The van der Waals surface area contributed by atoms with Crippen molar-refractivity contribution in [2.24, 2.45) is 5.92 Å². The molecule has 2 N–H and O–H groups in total. The molecule has 1 aromatic rings. The van der Waals surface area contributed by atoms with Crippen molar-refractivity contribution in [3.05, 3.63) is 29.3 Å². The molecule has 0 saturated carbocycles. The second kappa shape index (κ2) is 5.39. The van der Waals surface area contributed by atoms with Crippen LogP contribution < -0.4 is 10.6 Å². The number of fused-ring (bicyclic) bond motifs is 1. The molecule has 2 amide bonds. The van der Waals surface area contributed by atoms with Gasteiger partial charge in [-0.3, -0.25) is 0 Å². The standard InChI is InChI=1S/C14H18ClN3O/c15-11-5-1-2-6-12(11)17-14(19)18-8-10-4-3-7-16-13(10)9-18/h1-2,5-6,10,13,16H,3-4,7-9H2,(H,17,19)/t10-,13+/m0/s1. The Balaban J connectivity index is 1.64. The molecule has 2 atom stereocenters. The number of hydrogen-bond donors (Lipinski definition) is 2. The van der Waals surface area contributed by atoms with Crippen molar-refractivity contribution in [3.8, 4) is 0 Å². The predicted octanol–water partition coefficient (Wildman–Crippen LogP) is 2.56. The molecule has 0 bridgehead atoms. The lowest BCUT2D eigenvalue weighted by Crippen LogP contribution is -2.41. The molecule has 102 valence electrons. The summed E-state index contributed by atoms with van der Waals surface area (Å²) < 4.78 is 0. The van der Waals surface area contributed by atoms with Gasteiger partial charge in [0.15, 0.2) is 0 Å². The van der Waals surface area contributed by atoms with E-state index in [2.05, 4.69) is 10.6 Å². The fraction of sp³-hybridized carbons (Fsp3) is 0.500. The third-order valence-electron chi connectivity index (χ3n) is 4.00. The lowest BCUT2D eigenvalue weighted by atomic mass is 9.94. The van der Waals surface area contributed by atoms with E-state index in [0.717, 1.165) is 19.6 Å². The Morgan fingerprint density at radius 1 is 1.37 bits per heavy atom. The molecular formula is C14H18ClN3O. The second-order valence-electron chi connectivity index (χ2n) is 5.28. The Kier molecular flexibility index (Phi) is 3.62. The van der Waals surface area contributed by atoms with Gasteiger partial charge in [-0.25, -0.2) is 4.79 Å². The third-order valence-corrected chi connectivity index (χ3v) is 4.33. The SMILES string of the molecule is O=C(Nc1ccccc1Cl)N1C[C@@H]2CCCN[C@@H]2C1. The summed E-state index contributed by atoms with van der Waals surface area (Å²) in [6.45, 7) is 2.70. The number of likely N-dealkylation sites (tertiary alicyclic amines) is 1. The van der Waals surface area contributed by atoms with Gasteiger partial charge in [-0.15, -0.1) is 0 Å². The van der Waals surface area contributed by atoms with Crippen LogP contribution in [0.15, 0.2) is 24.3 Å². The maximum atomic E-state index is 12.2. The summed E-state index contributed by atoms with van der Waals surface area (Å²) in [5.41, 5.74) is 0.678. The molecule has 0 aliphatic carbocycles. The van der Waals surface area contributed by atoms with Gasteiger partial charge in [0.1, 0.15) is 0 Å². The summed E-state index contributed by atoms with van der Waals surface area (Å²) >= 11 is 6.05. The van der Waals surface area contributed by atoms with Crippen molar-refractivity contribution in [3.63, 3.8) is 0 Å². The van der Waals surface area contributed by atoms with Crippen molar-refractivity contribution >= 4 is 23.3 Å². The van der Waals surface area contributed by atoms with E-state index in [1.54, 1.807) is 6.07 Å². The van der Waals surface area contributed by atoms with E-state index in [1.807, 2.05) is 23.1 Å². The number of amides is 2. The molecular weight excluding hydrogens is 262 g/mol. The lowest BCUT2D eigenvalue weighted by Gasteiger charge is -2.24. The molecule has 4 nitrogen and oxygen atoms in total. The zero-order valence-electron chi connectivity index (χ0n) is 10.7. The number of carbonyl (C=O) groups excluding carboxylic acids is 1. The summed E-state index contributed by atoms with van der Waals surface area (Å²) in [6.07, 6.45) is 2.43. The third kappa shape index (κ3) is 2.69. The molecule has 2 fully saturated rings. The van der Waals surface area contributed by atoms with Crippen LogP contribution in [0.5, 0.6) is 0 Å².